The van der Waals surface area contributed by atoms with Crippen molar-refractivity contribution in [1.82, 2.24) is 4.98 Å². The van der Waals surface area contributed by atoms with Crippen molar-refractivity contribution in [3.05, 3.63) is 155 Å². The second-order valence-corrected chi connectivity index (χ2v) is 11.8. The van der Waals surface area contributed by atoms with Crippen LogP contribution in [0.3, 0.4) is 0 Å². The van der Waals surface area contributed by atoms with Crippen LogP contribution in [0.25, 0.3) is 0 Å². The average Bonchev–Trinajstić information content (AvgIpc) is 2.96. The van der Waals surface area contributed by atoms with Gasteiger partial charge >= 0.3 is 0 Å². The standard InChI is InChI=1S/C34H30NOP/c36-34(32-13-7-8-22-35-32)31-23-25-14-18-27(31)19-15-26-17-21-28(20-16-25)33(24-26)37(29-9-3-1-4-10-29)30-11-5-2-6-12-30/h1-14,17-18,21-24,34,36H,15-16,19-20H2/t34-/m1/s1. The predicted molar refractivity (Wildman–Crippen MR) is 155 cm³/mol. The highest BCUT2D eigenvalue weighted by molar-refractivity contribution is 7.79. The number of aryl methyl sites for hydroxylation is 4. The van der Waals surface area contributed by atoms with Gasteiger partial charge < -0.3 is 5.11 Å². The topological polar surface area (TPSA) is 33.1 Å². The van der Waals surface area contributed by atoms with Crippen molar-refractivity contribution in [2.45, 2.75) is 31.8 Å². The molecule has 1 N–H and O–H groups in total. The molecule has 1 aromatic heterocycles. The molecule has 4 aliphatic rings. The Kier molecular flexibility index (Phi) is 6.95. The molecular weight excluding hydrogens is 469 g/mol. The Labute approximate surface area is 220 Å². The van der Waals surface area contributed by atoms with Crippen molar-refractivity contribution in [3.8, 4) is 0 Å². The third-order valence-corrected chi connectivity index (χ3v) is 9.79. The maximum Gasteiger partial charge on any atom is 0.121 e. The number of hydrogen-bond acceptors (Lipinski definition) is 2. The van der Waals surface area contributed by atoms with Crippen LogP contribution in [0.15, 0.2) is 121 Å². The van der Waals surface area contributed by atoms with Crippen LogP contribution in [-0.2, 0) is 25.7 Å². The molecule has 9 rings (SSSR count). The first kappa shape index (κ1) is 23.8. The predicted octanol–water partition coefficient (Wildman–Crippen LogP) is 5.81. The lowest BCUT2D eigenvalue weighted by atomic mass is 9.90. The van der Waals surface area contributed by atoms with Gasteiger partial charge in [0.1, 0.15) is 6.10 Å². The molecule has 0 radical (unpaired) electrons. The number of aliphatic hydroxyl groups excluding tert-OH is 1. The fraction of sp³-hybridized carbons (Fsp3) is 0.147. The smallest absolute Gasteiger partial charge is 0.121 e. The molecule has 5 aromatic rings. The third-order valence-electron chi connectivity index (χ3n) is 7.26. The molecule has 182 valence electrons. The Morgan fingerprint density at radius 1 is 0.595 bits per heavy atom. The van der Waals surface area contributed by atoms with Crippen molar-refractivity contribution in [3.63, 3.8) is 0 Å². The Balaban J connectivity index is 1.41. The van der Waals surface area contributed by atoms with Gasteiger partial charge in [0.05, 0.1) is 5.69 Å². The minimum absolute atomic E-state index is 0.651. The monoisotopic (exact) mass is 499 g/mol. The quantitative estimate of drug-likeness (QED) is 0.310. The normalized spacial score (nSPS) is 13.8. The van der Waals surface area contributed by atoms with E-state index in [2.05, 4.69) is 102 Å². The molecule has 0 fully saturated rings. The summed E-state index contributed by atoms with van der Waals surface area (Å²) in [4.78, 5) is 4.43. The van der Waals surface area contributed by atoms with Gasteiger partial charge in [-0.3, -0.25) is 4.98 Å². The van der Waals surface area contributed by atoms with Crippen LogP contribution in [0, 0.1) is 0 Å². The molecule has 1 heterocycles. The van der Waals surface area contributed by atoms with E-state index in [-0.39, 0.29) is 0 Å². The molecule has 0 unspecified atom stereocenters. The second kappa shape index (κ2) is 10.8. The highest BCUT2D eigenvalue weighted by Crippen LogP contribution is 2.36. The molecule has 37 heavy (non-hydrogen) atoms. The van der Waals surface area contributed by atoms with E-state index in [1.165, 1.54) is 38.2 Å². The highest BCUT2D eigenvalue weighted by atomic mass is 31.1. The number of rotatable bonds is 5. The summed E-state index contributed by atoms with van der Waals surface area (Å²) in [7, 11) is -0.651. The van der Waals surface area contributed by atoms with E-state index < -0.39 is 14.0 Å². The lowest BCUT2D eigenvalue weighted by Gasteiger charge is -2.24. The van der Waals surface area contributed by atoms with Crippen molar-refractivity contribution in [2.24, 2.45) is 0 Å². The molecular formula is C34H30NOP. The van der Waals surface area contributed by atoms with Crippen LogP contribution in [0.4, 0.5) is 0 Å². The van der Waals surface area contributed by atoms with E-state index in [9.17, 15) is 5.11 Å². The van der Waals surface area contributed by atoms with Crippen molar-refractivity contribution in [2.75, 3.05) is 0 Å². The summed E-state index contributed by atoms with van der Waals surface area (Å²) in [5.41, 5.74) is 6.91. The third kappa shape index (κ3) is 5.14. The van der Waals surface area contributed by atoms with Crippen molar-refractivity contribution < 1.29 is 5.11 Å². The first-order valence-corrected chi connectivity index (χ1v) is 14.3. The first-order valence-electron chi connectivity index (χ1n) is 13.0. The zero-order valence-corrected chi connectivity index (χ0v) is 21.7. The first-order chi connectivity index (χ1) is 18.3. The van der Waals surface area contributed by atoms with E-state index in [1.54, 1.807) is 6.20 Å². The molecule has 2 nitrogen and oxygen atoms in total. The van der Waals surface area contributed by atoms with E-state index >= 15 is 0 Å². The minimum Gasteiger partial charge on any atom is -0.382 e. The van der Waals surface area contributed by atoms with Crippen molar-refractivity contribution >= 4 is 23.8 Å². The largest absolute Gasteiger partial charge is 0.382 e. The number of nitrogens with zero attached hydrogens (tertiary/aromatic N) is 1. The van der Waals surface area contributed by atoms with Gasteiger partial charge in [0.25, 0.3) is 0 Å². The van der Waals surface area contributed by atoms with Crippen LogP contribution < -0.4 is 15.9 Å². The SMILES string of the molecule is O[C@@H](c1ccccn1)c1cc2ccc1CCc1ccc(c(P(c3ccccc3)c3ccccc3)c1)CC2. The van der Waals surface area contributed by atoms with E-state index in [0.29, 0.717) is 5.69 Å². The number of benzene rings is 4. The fourth-order valence-electron chi connectivity index (χ4n) is 5.30. The maximum absolute atomic E-state index is 11.2. The Morgan fingerprint density at radius 2 is 1.19 bits per heavy atom. The number of aromatic nitrogens is 1. The van der Waals surface area contributed by atoms with Crippen molar-refractivity contribution in [1.29, 1.82) is 0 Å². The summed E-state index contributed by atoms with van der Waals surface area (Å²) in [6.07, 6.45) is 4.75. The summed E-state index contributed by atoms with van der Waals surface area (Å²) >= 11 is 0. The molecule has 0 spiro atoms. The van der Waals surface area contributed by atoms with Crippen LogP contribution in [0.2, 0.25) is 0 Å². The minimum atomic E-state index is -0.709. The van der Waals surface area contributed by atoms with Gasteiger partial charge in [-0.25, -0.2) is 0 Å². The van der Waals surface area contributed by atoms with Gasteiger partial charge in [-0.1, -0.05) is 103 Å². The molecule has 4 aliphatic carbocycles. The number of hydrogen-bond donors (Lipinski definition) is 1. The van der Waals surface area contributed by atoms with Gasteiger partial charge in [-0.2, -0.15) is 0 Å². The summed E-state index contributed by atoms with van der Waals surface area (Å²) in [5.74, 6) is 0. The molecule has 1 atom stereocenters. The zero-order valence-electron chi connectivity index (χ0n) is 20.8. The summed E-state index contributed by atoms with van der Waals surface area (Å²) < 4.78 is 0. The van der Waals surface area contributed by atoms with Gasteiger partial charge in [0.2, 0.25) is 0 Å². The Bertz CT molecular complexity index is 1450. The lowest BCUT2D eigenvalue weighted by Crippen LogP contribution is -2.24. The number of pyridine rings is 1. The maximum atomic E-state index is 11.2. The molecule has 0 saturated heterocycles. The molecule has 4 bridgehead atoms. The van der Waals surface area contributed by atoms with E-state index in [4.69, 9.17) is 0 Å². The van der Waals surface area contributed by atoms with Crippen LogP contribution in [0.1, 0.15) is 39.6 Å². The second-order valence-electron chi connectivity index (χ2n) is 9.66. The molecule has 4 aromatic carbocycles. The summed E-state index contributed by atoms with van der Waals surface area (Å²) in [5, 5.41) is 15.5. The van der Waals surface area contributed by atoms with Crippen LogP contribution >= 0.6 is 7.92 Å². The van der Waals surface area contributed by atoms with Gasteiger partial charge in [-0.15, -0.1) is 0 Å². The van der Waals surface area contributed by atoms with Crippen LogP contribution in [-0.4, -0.2) is 10.1 Å². The van der Waals surface area contributed by atoms with Gasteiger partial charge in [0.15, 0.2) is 0 Å². The summed E-state index contributed by atoms with van der Waals surface area (Å²) in [6.45, 7) is 0. The van der Waals surface area contributed by atoms with Crippen LogP contribution in [0.5, 0.6) is 0 Å². The average molecular weight is 500 g/mol. The Hall–Kier alpha value is -3.58. The molecule has 3 heteroatoms. The van der Waals surface area contributed by atoms with E-state index in [1.807, 2.05) is 18.2 Å². The lowest BCUT2D eigenvalue weighted by molar-refractivity contribution is 0.214. The fourth-order valence-corrected chi connectivity index (χ4v) is 7.87. The highest BCUT2D eigenvalue weighted by Gasteiger charge is 2.22. The van der Waals surface area contributed by atoms with E-state index in [0.717, 1.165) is 31.2 Å². The molecule has 0 aliphatic heterocycles. The zero-order chi connectivity index (χ0) is 25.0. The summed E-state index contributed by atoms with van der Waals surface area (Å²) in [6, 6.07) is 41.5. The molecule has 0 saturated carbocycles. The number of aliphatic hydroxyl groups is 1. The van der Waals surface area contributed by atoms with Gasteiger partial charge in [0, 0.05) is 6.20 Å². The molecule has 0 amide bonds. The Morgan fingerprint density at radius 3 is 1.84 bits per heavy atom. The van der Waals surface area contributed by atoms with Gasteiger partial charge in [-0.05, 0) is 89.5 Å².